The Morgan fingerprint density at radius 1 is 1.22 bits per heavy atom. The first-order valence-corrected chi connectivity index (χ1v) is 11.7. The lowest BCUT2D eigenvalue weighted by Gasteiger charge is -2.28. The lowest BCUT2D eigenvalue weighted by atomic mass is 10.00. The molecule has 4 rings (SSSR count). The molecule has 36 heavy (non-hydrogen) atoms. The Labute approximate surface area is 205 Å². The molecule has 2 aromatic rings. The third-order valence-electron chi connectivity index (χ3n) is 6.27. The predicted octanol–water partition coefficient (Wildman–Crippen LogP) is 3.82. The average molecular weight is 513 g/mol. The molecule has 2 saturated heterocycles. The maximum Gasteiger partial charge on any atom is 0.393 e. The Bertz CT molecular complexity index is 1090. The number of pyridine rings is 1. The van der Waals surface area contributed by atoms with Gasteiger partial charge in [0.25, 0.3) is 0 Å². The molecule has 1 aromatic heterocycles. The normalized spacial score (nSPS) is 18.4. The van der Waals surface area contributed by atoms with Crippen LogP contribution < -0.4 is 15.0 Å². The Kier molecular flexibility index (Phi) is 7.84. The summed E-state index contributed by atoms with van der Waals surface area (Å²) in [6.07, 6.45) is -4.57. The number of benzene rings is 1. The van der Waals surface area contributed by atoms with Gasteiger partial charge in [-0.25, -0.2) is 9.18 Å². The number of likely N-dealkylation sites (tertiary alicyclic amines) is 1. The van der Waals surface area contributed by atoms with Crippen molar-refractivity contribution in [3.05, 3.63) is 35.6 Å². The van der Waals surface area contributed by atoms with Crippen molar-refractivity contribution in [3.63, 3.8) is 0 Å². The minimum atomic E-state index is -4.38. The summed E-state index contributed by atoms with van der Waals surface area (Å²) in [7, 11) is 0. The molecule has 12 heteroatoms. The van der Waals surface area contributed by atoms with Gasteiger partial charge in [-0.3, -0.25) is 0 Å². The fraction of sp³-hybridized carbons (Fsp3) is 0.500. The van der Waals surface area contributed by atoms with Crippen LogP contribution in [0.5, 0.6) is 5.88 Å². The number of nitrogens with zero attached hydrogens (tertiary/aromatic N) is 3. The van der Waals surface area contributed by atoms with E-state index in [0.717, 1.165) is 4.90 Å². The molecule has 3 heterocycles. The number of alkyl halides is 3. The van der Waals surface area contributed by atoms with E-state index in [1.807, 2.05) is 11.0 Å². The van der Waals surface area contributed by atoms with E-state index in [9.17, 15) is 22.4 Å². The zero-order valence-electron chi connectivity index (χ0n) is 19.8. The van der Waals surface area contributed by atoms with Gasteiger partial charge in [0.15, 0.2) is 0 Å². The zero-order chi connectivity index (χ0) is 25.9. The van der Waals surface area contributed by atoms with E-state index in [-0.39, 0.29) is 37.7 Å². The maximum absolute atomic E-state index is 14.8. The van der Waals surface area contributed by atoms with Gasteiger partial charge in [-0.05, 0) is 48.2 Å². The molecule has 0 radical (unpaired) electrons. The number of carbonyl (C=O) groups is 1. The largest absolute Gasteiger partial charge is 0.475 e. The lowest BCUT2D eigenvalue weighted by Crippen LogP contribution is -2.36. The first-order valence-electron chi connectivity index (χ1n) is 11.7. The number of rotatable bonds is 6. The molecule has 0 aliphatic carbocycles. The summed E-state index contributed by atoms with van der Waals surface area (Å²) in [5.74, 6) is -1.40. The van der Waals surface area contributed by atoms with Gasteiger partial charge in [-0.1, -0.05) is 0 Å². The van der Waals surface area contributed by atoms with Crippen LogP contribution in [0.2, 0.25) is 0 Å². The minimum Gasteiger partial charge on any atom is -0.475 e. The summed E-state index contributed by atoms with van der Waals surface area (Å²) in [6.45, 7) is 3.34. The van der Waals surface area contributed by atoms with E-state index in [1.165, 1.54) is 12.1 Å². The minimum absolute atomic E-state index is 0.0392. The van der Waals surface area contributed by atoms with Crippen LogP contribution in [-0.2, 0) is 4.74 Å². The van der Waals surface area contributed by atoms with E-state index in [4.69, 9.17) is 14.6 Å². The molecular weight excluding hydrogens is 484 g/mol. The number of carbonyl (C=O) groups excluding carboxylic acids is 1. The molecule has 2 amide bonds. The molecule has 196 valence electrons. The van der Waals surface area contributed by atoms with Crippen molar-refractivity contribution in [3.8, 4) is 17.0 Å². The monoisotopic (exact) mass is 512 g/mol. The van der Waals surface area contributed by atoms with Gasteiger partial charge in [0.2, 0.25) is 5.88 Å². The van der Waals surface area contributed by atoms with Gasteiger partial charge in [0.1, 0.15) is 18.2 Å². The molecular formula is C24H28F4N4O4. The van der Waals surface area contributed by atoms with Crippen molar-refractivity contribution in [1.82, 2.24) is 9.88 Å². The third kappa shape index (κ3) is 5.98. The number of aryl methyl sites for hydroxylation is 1. The van der Waals surface area contributed by atoms with E-state index < -0.39 is 30.5 Å². The molecule has 2 aliphatic rings. The van der Waals surface area contributed by atoms with E-state index >= 15 is 0 Å². The Hall–Kier alpha value is -3.12. The average Bonchev–Trinajstić information content (AvgIpc) is 3.36. The molecule has 0 bridgehead atoms. The number of urea groups is 1. The van der Waals surface area contributed by atoms with Crippen LogP contribution >= 0.6 is 0 Å². The topological polar surface area (TPSA) is 87.2 Å². The quantitative estimate of drug-likeness (QED) is 0.573. The number of nitrogens with one attached hydrogen (secondary N) is 1. The highest BCUT2D eigenvalue weighted by molar-refractivity contribution is 5.91. The summed E-state index contributed by atoms with van der Waals surface area (Å²) in [5, 5.41) is 11.6. The number of anilines is 2. The van der Waals surface area contributed by atoms with Crippen LogP contribution in [0.1, 0.15) is 12.0 Å². The highest BCUT2D eigenvalue weighted by Crippen LogP contribution is 2.35. The molecule has 2 N–H and O–H groups in total. The molecule has 8 nitrogen and oxygen atoms in total. The summed E-state index contributed by atoms with van der Waals surface area (Å²) in [5.41, 5.74) is 1.67. The number of morpholine rings is 1. The fourth-order valence-electron chi connectivity index (χ4n) is 4.31. The lowest BCUT2D eigenvalue weighted by molar-refractivity contribution is -0.169. The number of halogens is 4. The smallest absolute Gasteiger partial charge is 0.393 e. The van der Waals surface area contributed by atoms with Gasteiger partial charge in [-0.15, -0.1) is 0 Å². The van der Waals surface area contributed by atoms with Crippen LogP contribution in [0.15, 0.2) is 24.3 Å². The number of aliphatic hydroxyl groups is 1. The summed E-state index contributed by atoms with van der Waals surface area (Å²) < 4.78 is 64.7. The van der Waals surface area contributed by atoms with E-state index in [0.29, 0.717) is 48.8 Å². The molecule has 1 atom stereocenters. The summed E-state index contributed by atoms with van der Waals surface area (Å²) in [6, 6.07) is 5.40. The second-order valence-corrected chi connectivity index (χ2v) is 8.77. The maximum atomic E-state index is 14.8. The second kappa shape index (κ2) is 10.9. The van der Waals surface area contributed by atoms with Crippen molar-refractivity contribution in [1.29, 1.82) is 0 Å². The van der Waals surface area contributed by atoms with E-state index in [1.54, 1.807) is 13.0 Å². The van der Waals surface area contributed by atoms with Crippen molar-refractivity contribution in [2.45, 2.75) is 19.5 Å². The highest BCUT2D eigenvalue weighted by atomic mass is 19.4. The van der Waals surface area contributed by atoms with Crippen molar-refractivity contribution >= 4 is 17.5 Å². The first kappa shape index (κ1) is 26.0. The SMILES string of the molecule is Cc1cc(F)c(NC(=O)N2CCC(C(F)(F)F)C2)cc1-c1cc(OCCO)nc(N2CCOCC2)c1. The molecule has 2 fully saturated rings. The van der Waals surface area contributed by atoms with Crippen LogP contribution in [-0.4, -0.2) is 79.8 Å². The van der Waals surface area contributed by atoms with Gasteiger partial charge >= 0.3 is 12.2 Å². The van der Waals surface area contributed by atoms with Gasteiger partial charge in [0.05, 0.1) is 31.4 Å². The van der Waals surface area contributed by atoms with Crippen LogP contribution in [0.3, 0.4) is 0 Å². The molecule has 0 spiro atoms. The highest BCUT2D eigenvalue weighted by Gasteiger charge is 2.44. The van der Waals surface area contributed by atoms with Crippen molar-refractivity contribution in [2.24, 2.45) is 5.92 Å². The van der Waals surface area contributed by atoms with Crippen LogP contribution in [0, 0.1) is 18.7 Å². The number of amides is 2. The molecule has 0 saturated carbocycles. The van der Waals surface area contributed by atoms with Crippen molar-refractivity contribution in [2.75, 3.05) is 62.8 Å². The number of ether oxygens (including phenoxy) is 2. The number of aromatic nitrogens is 1. The summed E-state index contributed by atoms with van der Waals surface area (Å²) >= 11 is 0. The van der Waals surface area contributed by atoms with Gasteiger partial charge < -0.3 is 29.7 Å². The van der Waals surface area contributed by atoms with Crippen LogP contribution in [0.4, 0.5) is 33.9 Å². The number of hydrogen-bond acceptors (Lipinski definition) is 6. The Balaban J connectivity index is 1.61. The number of aliphatic hydroxyl groups excluding tert-OH is 1. The molecule has 2 aliphatic heterocycles. The Morgan fingerprint density at radius 2 is 1.97 bits per heavy atom. The number of hydrogen-bond donors (Lipinski definition) is 2. The molecule has 1 unspecified atom stereocenters. The third-order valence-corrected chi connectivity index (χ3v) is 6.27. The van der Waals surface area contributed by atoms with Crippen LogP contribution in [0.25, 0.3) is 11.1 Å². The van der Waals surface area contributed by atoms with Crippen molar-refractivity contribution < 1.29 is 36.9 Å². The predicted molar refractivity (Wildman–Crippen MR) is 125 cm³/mol. The zero-order valence-corrected chi connectivity index (χ0v) is 19.8. The second-order valence-electron chi connectivity index (χ2n) is 8.77. The van der Waals surface area contributed by atoms with E-state index in [2.05, 4.69) is 10.3 Å². The Morgan fingerprint density at radius 3 is 2.64 bits per heavy atom. The summed E-state index contributed by atoms with van der Waals surface area (Å²) in [4.78, 5) is 20.2. The fourth-order valence-corrected chi connectivity index (χ4v) is 4.31. The molecule has 1 aromatic carbocycles. The standard InChI is InChI=1S/C24H28F4N4O4/c1-15-10-19(25)20(29-23(34)32-3-2-17(14-32)24(26,27)28)13-18(15)16-11-21(31-4-7-35-8-5-31)30-22(12-16)36-9-6-33/h10-13,17,33H,2-9,14H2,1H3,(H,29,34). The van der Waals surface area contributed by atoms with Gasteiger partial charge in [-0.2, -0.15) is 18.2 Å². The van der Waals surface area contributed by atoms with Gasteiger partial charge in [0, 0.05) is 32.2 Å². The first-order chi connectivity index (χ1) is 17.2.